The maximum atomic E-state index is 12.9. The van der Waals surface area contributed by atoms with Gasteiger partial charge in [0.05, 0.1) is 18.0 Å². The molecule has 0 aliphatic carbocycles. The SMILES string of the molecule is CC(C)CC(O)c1cn[nH]c1-c1ccc(F)cc1. The van der Waals surface area contributed by atoms with E-state index in [1.165, 1.54) is 12.1 Å². The Kier molecular flexibility index (Phi) is 3.77. The number of aliphatic hydroxyl groups is 1. The first-order chi connectivity index (χ1) is 8.58. The molecule has 0 saturated carbocycles. The lowest BCUT2D eigenvalue weighted by molar-refractivity contribution is 0.151. The largest absolute Gasteiger partial charge is 0.388 e. The predicted octanol–water partition coefficient (Wildman–Crippen LogP) is 3.30. The zero-order valence-electron chi connectivity index (χ0n) is 10.5. The minimum absolute atomic E-state index is 0.275. The molecule has 1 unspecified atom stereocenters. The highest BCUT2D eigenvalue weighted by Crippen LogP contribution is 2.29. The van der Waals surface area contributed by atoms with E-state index in [4.69, 9.17) is 0 Å². The van der Waals surface area contributed by atoms with Gasteiger partial charge in [0.2, 0.25) is 0 Å². The molecule has 96 valence electrons. The van der Waals surface area contributed by atoms with E-state index < -0.39 is 6.10 Å². The van der Waals surface area contributed by atoms with Gasteiger partial charge in [-0.25, -0.2) is 4.39 Å². The molecule has 0 fully saturated rings. The molecule has 1 aromatic carbocycles. The Hall–Kier alpha value is -1.68. The van der Waals surface area contributed by atoms with Crippen molar-refractivity contribution in [3.05, 3.63) is 41.8 Å². The van der Waals surface area contributed by atoms with Crippen molar-refractivity contribution in [1.29, 1.82) is 0 Å². The first kappa shape index (κ1) is 12.8. The summed E-state index contributed by atoms with van der Waals surface area (Å²) in [6.45, 7) is 4.11. The molecule has 2 rings (SSSR count). The summed E-state index contributed by atoms with van der Waals surface area (Å²) in [5, 5.41) is 17.0. The normalized spacial score (nSPS) is 12.9. The van der Waals surface area contributed by atoms with Crippen LogP contribution >= 0.6 is 0 Å². The lowest BCUT2D eigenvalue weighted by atomic mass is 9.97. The van der Waals surface area contributed by atoms with Crippen LogP contribution in [0.25, 0.3) is 11.3 Å². The minimum Gasteiger partial charge on any atom is -0.388 e. The number of benzene rings is 1. The number of rotatable bonds is 4. The van der Waals surface area contributed by atoms with Gasteiger partial charge in [0, 0.05) is 11.1 Å². The standard InChI is InChI=1S/C14H17FN2O/c1-9(2)7-13(18)12-8-16-17-14(12)10-3-5-11(15)6-4-10/h3-6,8-9,13,18H,7H2,1-2H3,(H,16,17). The summed E-state index contributed by atoms with van der Waals surface area (Å²) in [5.41, 5.74) is 2.34. The maximum Gasteiger partial charge on any atom is 0.123 e. The number of nitrogens with zero attached hydrogens (tertiary/aromatic N) is 1. The smallest absolute Gasteiger partial charge is 0.123 e. The van der Waals surface area contributed by atoms with Crippen LogP contribution in [0.4, 0.5) is 4.39 Å². The zero-order valence-corrected chi connectivity index (χ0v) is 10.5. The number of halogens is 1. The van der Waals surface area contributed by atoms with Crippen molar-refractivity contribution in [2.45, 2.75) is 26.4 Å². The number of aromatic amines is 1. The highest BCUT2D eigenvalue weighted by atomic mass is 19.1. The van der Waals surface area contributed by atoms with Crippen molar-refractivity contribution in [3.63, 3.8) is 0 Å². The van der Waals surface area contributed by atoms with Gasteiger partial charge >= 0.3 is 0 Å². The fourth-order valence-corrected chi connectivity index (χ4v) is 1.97. The summed E-state index contributed by atoms with van der Waals surface area (Å²) >= 11 is 0. The van der Waals surface area contributed by atoms with Gasteiger partial charge in [-0.2, -0.15) is 5.10 Å². The van der Waals surface area contributed by atoms with Crippen LogP contribution in [-0.4, -0.2) is 15.3 Å². The van der Waals surface area contributed by atoms with Gasteiger partial charge in [-0.1, -0.05) is 13.8 Å². The van der Waals surface area contributed by atoms with Crippen molar-refractivity contribution >= 4 is 0 Å². The molecule has 4 heteroatoms. The maximum absolute atomic E-state index is 12.9. The second kappa shape index (κ2) is 5.31. The molecule has 1 atom stereocenters. The topological polar surface area (TPSA) is 48.9 Å². The molecule has 2 N–H and O–H groups in total. The van der Waals surface area contributed by atoms with E-state index in [1.807, 2.05) is 0 Å². The van der Waals surface area contributed by atoms with Crippen molar-refractivity contribution in [1.82, 2.24) is 10.2 Å². The van der Waals surface area contributed by atoms with Crippen LogP contribution < -0.4 is 0 Å². The summed E-state index contributed by atoms with van der Waals surface area (Å²) in [7, 11) is 0. The Bertz CT molecular complexity index is 505. The van der Waals surface area contributed by atoms with Gasteiger partial charge in [0.1, 0.15) is 5.82 Å². The van der Waals surface area contributed by atoms with Crippen LogP contribution in [0.1, 0.15) is 31.9 Å². The van der Waals surface area contributed by atoms with E-state index >= 15 is 0 Å². The molecule has 0 aliphatic rings. The molecule has 1 heterocycles. The zero-order chi connectivity index (χ0) is 13.1. The Labute approximate surface area is 106 Å². The predicted molar refractivity (Wildman–Crippen MR) is 68.4 cm³/mol. The minimum atomic E-state index is -0.552. The first-order valence-corrected chi connectivity index (χ1v) is 6.05. The van der Waals surface area contributed by atoms with Crippen LogP contribution in [0.2, 0.25) is 0 Å². The van der Waals surface area contributed by atoms with Gasteiger partial charge in [-0.15, -0.1) is 0 Å². The average molecular weight is 248 g/mol. The molecule has 0 radical (unpaired) electrons. The monoisotopic (exact) mass is 248 g/mol. The lowest BCUT2D eigenvalue weighted by Gasteiger charge is -2.13. The second-order valence-electron chi connectivity index (χ2n) is 4.85. The molecule has 0 spiro atoms. The van der Waals surface area contributed by atoms with Gasteiger partial charge in [-0.05, 0) is 36.6 Å². The fraction of sp³-hybridized carbons (Fsp3) is 0.357. The third-order valence-corrected chi connectivity index (χ3v) is 2.86. The average Bonchev–Trinajstić information content (AvgIpc) is 2.78. The Balaban J connectivity index is 2.29. The lowest BCUT2D eigenvalue weighted by Crippen LogP contribution is -2.02. The number of aliphatic hydroxyl groups excluding tert-OH is 1. The number of aromatic nitrogens is 2. The molecule has 0 aliphatic heterocycles. The second-order valence-corrected chi connectivity index (χ2v) is 4.85. The van der Waals surface area contributed by atoms with E-state index in [9.17, 15) is 9.50 Å². The summed E-state index contributed by atoms with van der Waals surface area (Å²) in [4.78, 5) is 0. The van der Waals surface area contributed by atoms with E-state index in [-0.39, 0.29) is 5.82 Å². The fourth-order valence-electron chi connectivity index (χ4n) is 1.97. The Morgan fingerprint density at radius 1 is 1.28 bits per heavy atom. The molecule has 0 amide bonds. The molecule has 2 aromatic rings. The van der Waals surface area contributed by atoms with Gasteiger partial charge in [0.25, 0.3) is 0 Å². The molecule has 18 heavy (non-hydrogen) atoms. The summed E-state index contributed by atoms with van der Waals surface area (Å²) in [6, 6.07) is 6.15. The van der Waals surface area contributed by atoms with Gasteiger partial charge in [0.15, 0.2) is 0 Å². The van der Waals surface area contributed by atoms with Crippen LogP contribution in [0, 0.1) is 11.7 Å². The molecule has 3 nitrogen and oxygen atoms in total. The third kappa shape index (κ3) is 2.76. The summed E-state index contributed by atoms with van der Waals surface area (Å²) in [6.07, 6.45) is 1.75. The molecular weight excluding hydrogens is 231 g/mol. The van der Waals surface area contributed by atoms with E-state index in [0.717, 1.165) is 16.8 Å². The highest BCUT2D eigenvalue weighted by Gasteiger charge is 2.17. The van der Waals surface area contributed by atoms with Crippen LogP contribution in [0.3, 0.4) is 0 Å². The molecule has 0 bridgehead atoms. The number of H-pyrrole nitrogens is 1. The Morgan fingerprint density at radius 2 is 1.94 bits per heavy atom. The van der Waals surface area contributed by atoms with Gasteiger partial charge < -0.3 is 5.11 Å². The third-order valence-electron chi connectivity index (χ3n) is 2.86. The van der Waals surface area contributed by atoms with Crippen LogP contribution in [0.5, 0.6) is 0 Å². The molecule has 0 saturated heterocycles. The number of nitrogens with one attached hydrogen (secondary N) is 1. The highest BCUT2D eigenvalue weighted by molar-refractivity contribution is 5.62. The molecular formula is C14H17FN2O. The quantitative estimate of drug-likeness (QED) is 0.872. The van der Waals surface area contributed by atoms with Crippen molar-refractivity contribution in [2.75, 3.05) is 0 Å². The summed E-state index contributed by atoms with van der Waals surface area (Å²) < 4.78 is 12.9. The first-order valence-electron chi connectivity index (χ1n) is 6.05. The summed E-state index contributed by atoms with van der Waals surface area (Å²) in [5.74, 6) is 0.124. The van der Waals surface area contributed by atoms with Crippen molar-refractivity contribution < 1.29 is 9.50 Å². The van der Waals surface area contributed by atoms with Crippen molar-refractivity contribution in [3.8, 4) is 11.3 Å². The Morgan fingerprint density at radius 3 is 2.56 bits per heavy atom. The molecule has 1 aromatic heterocycles. The number of hydrogen-bond acceptors (Lipinski definition) is 2. The number of hydrogen-bond donors (Lipinski definition) is 2. The van der Waals surface area contributed by atoms with E-state index in [0.29, 0.717) is 12.3 Å². The van der Waals surface area contributed by atoms with Crippen molar-refractivity contribution in [2.24, 2.45) is 5.92 Å². The van der Waals surface area contributed by atoms with Gasteiger partial charge in [-0.3, -0.25) is 5.10 Å². The van der Waals surface area contributed by atoms with Crippen LogP contribution in [0.15, 0.2) is 30.5 Å². The van der Waals surface area contributed by atoms with E-state index in [1.54, 1.807) is 18.3 Å². The van der Waals surface area contributed by atoms with Crippen LogP contribution in [-0.2, 0) is 0 Å². The van der Waals surface area contributed by atoms with E-state index in [2.05, 4.69) is 24.0 Å².